The summed E-state index contributed by atoms with van der Waals surface area (Å²) in [6, 6.07) is 15.5. The maximum absolute atomic E-state index is 12.6. The summed E-state index contributed by atoms with van der Waals surface area (Å²) in [7, 11) is 0. The van der Waals surface area contributed by atoms with Crippen LogP contribution in [-0.4, -0.2) is 43.0 Å². The van der Waals surface area contributed by atoms with Crippen LogP contribution >= 0.6 is 0 Å². The minimum atomic E-state index is -2.89. The minimum absolute atomic E-state index is 0.0368. The topological polar surface area (TPSA) is 67.9 Å². The average molecular weight is 432 g/mol. The number of alkyl halides is 2. The Morgan fingerprint density at radius 1 is 1.10 bits per heavy atom. The first-order chi connectivity index (χ1) is 15.0. The second-order valence-electron chi connectivity index (χ2n) is 7.33. The number of hydrogen-bond acceptors (Lipinski definition) is 4. The van der Waals surface area contributed by atoms with Gasteiger partial charge in [0.2, 0.25) is 11.8 Å². The highest BCUT2D eigenvalue weighted by Crippen LogP contribution is 2.19. The molecule has 1 saturated heterocycles. The summed E-state index contributed by atoms with van der Waals surface area (Å²) >= 11 is 0. The van der Waals surface area contributed by atoms with Crippen LogP contribution in [0.15, 0.2) is 54.6 Å². The van der Waals surface area contributed by atoms with Crippen LogP contribution < -0.4 is 14.8 Å². The Balaban J connectivity index is 1.44. The van der Waals surface area contributed by atoms with Gasteiger partial charge < -0.3 is 19.7 Å². The number of amides is 2. The van der Waals surface area contributed by atoms with Gasteiger partial charge in [-0.2, -0.15) is 8.78 Å². The number of piperidine rings is 1. The maximum atomic E-state index is 12.6. The number of benzene rings is 2. The molecule has 0 saturated carbocycles. The maximum Gasteiger partial charge on any atom is 0.387 e. The van der Waals surface area contributed by atoms with E-state index in [1.807, 2.05) is 30.3 Å². The number of hydrogen-bond donors (Lipinski definition) is 1. The molecule has 0 aliphatic carbocycles. The average Bonchev–Trinajstić information content (AvgIpc) is 2.78. The van der Waals surface area contributed by atoms with Crippen molar-refractivity contribution in [3.63, 3.8) is 0 Å². The standard InChI is InChI=1S/C23H26F2N2O4/c24-23(25)31-20-10-4-6-17(14-20)15-26-22(29)18-7-5-12-27(16-18)21(28)11-13-30-19-8-2-1-3-9-19/h1-4,6,8-10,14,18,23H,5,7,11-13,15-16H2,(H,26,29). The molecule has 1 aliphatic heterocycles. The molecule has 0 aromatic heterocycles. The van der Waals surface area contributed by atoms with Crippen molar-refractivity contribution in [2.75, 3.05) is 19.7 Å². The van der Waals surface area contributed by atoms with Gasteiger partial charge in [-0.1, -0.05) is 30.3 Å². The van der Waals surface area contributed by atoms with Gasteiger partial charge in [0.1, 0.15) is 11.5 Å². The third-order valence-corrected chi connectivity index (χ3v) is 5.06. The number of nitrogens with one attached hydrogen (secondary N) is 1. The molecule has 1 atom stereocenters. The molecule has 6 nitrogen and oxygen atoms in total. The molecule has 166 valence electrons. The summed E-state index contributed by atoms with van der Waals surface area (Å²) in [5.74, 6) is 0.278. The zero-order valence-corrected chi connectivity index (χ0v) is 17.1. The van der Waals surface area contributed by atoms with Gasteiger partial charge in [0, 0.05) is 19.6 Å². The van der Waals surface area contributed by atoms with Gasteiger partial charge in [0.05, 0.1) is 18.9 Å². The molecule has 1 heterocycles. The number of carbonyl (C=O) groups excluding carboxylic acids is 2. The third-order valence-electron chi connectivity index (χ3n) is 5.06. The number of ether oxygens (including phenoxy) is 2. The van der Waals surface area contributed by atoms with Crippen LogP contribution in [-0.2, 0) is 16.1 Å². The Labute approximate surface area is 180 Å². The van der Waals surface area contributed by atoms with Crippen molar-refractivity contribution < 1.29 is 27.8 Å². The van der Waals surface area contributed by atoms with Crippen LogP contribution in [0.2, 0.25) is 0 Å². The molecule has 2 aromatic carbocycles. The van der Waals surface area contributed by atoms with E-state index >= 15 is 0 Å². The van der Waals surface area contributed by atoms with Gasteiger partial charge in [-0.15, -0.1) is 0 Å². The number of carbonyl (C=O) groups is 2. The fraction of sp³-hybridized carbons (Fsp3) is 0.391. The summed E-state index contributed by atoms with van der Waals surface area (Å²) in [6.45, 7) is -1.42. The Morgan fingerprint density at radius 2 is 1.87 bits per heavy atom. The van der Waals surface area contributed by atoms with Crippen molar-refractivity contribution in [2.45, 2.75) is 32.4 Å². The Hall–Kier alpha value is -3.16. The van der Waals surface area contributed by atoms with Crippen molar-refractivity contribution in [2.24, 2.45) is 5.92 Å². The number of para-hydroxylation sites is 1. The van der Waals surface area contributed by atoms with Gasteiger partial charge in [-0.05, 0) is 42.7 Å². The number of halogens is 2. The highest BCUT2D eigenvalue weighted by Gasteiger charge is 2.28. The monoisotopic (exact) mass is 432 g/mol. The van der Waals surface area contributed by atoms with Crippen LogP contribution in [0.4, 0.5) is 8.78 Å². The molecule has 0 spiro atoms. The highest BCUT2D eigenvalue weighted by molar-refractivity contribution is 5.81. The fourth-order valence-corrected chi connectivity index (χ4v) is 3.51. The summed E-state index contributed by atoms with van der Waals surface area (Å²) in [6.07, 6.45) is 1.70. The third kappa shape index (κ3) is 7.24. The molecule has 31 heavy (non-hydrogen) atoms. The van der Waals surface area contributed by atoms with E-state index in [1.54, 1.807) is 17.0 Å². The zero-order valence-electron chi connectivity index (χ0n) is 17.1. The van der Waals surface area contributed by atoms with Crippen LogP contribution in [0.5, 0.6) is 11.5 Å². The summed E-state index contributed by atoms with van der Waals surface area (Å²) in [5.41, 5.74) is 0.660. The molecule has 1 fully saturated rings. The fourth-order valence-electron chi connectivity index (χ4n) is 3.51. The van der Waals surface area contributed by atoms with E-state index in [1.165, 1.54) is 12.1 Å². The van der Waals surface area contributed by atoms with Gasteiger partial charge in [-0.3, -0.25) is 9.59 Å². The zero-order chi connectivity index (χ0) is 22.1. The molecular weight excluding hydrogens is 406 g/mol. The summed E-state index contributed by atoms with van der Waals surface area (Å²) in [4.78, 5) is 26.8. The van der Waals surface area contributed by atoms with E-state index in [4.69, 9.17) is 4.74 Å². The predicted molar refractivity (Wildman–Crippen MR) is 111 cm³/mol. The first-order valence-corrected chi connectivity index (χ1v) is 10.3. The van der Waals surface area contributed by atoms with Crippen molar-refractivity contribution in [3.05, 3.63) is 60.2 Å². The van der Waals surface area contributed by atoms with Crippen LogP contribution in [0, 0.1) is 5.92 Å². The SMILES string of the molecule is O=C(NCc1cccc(OC(F)F)c1)C1CCCN(C(=O)CCOc2ccccc2)C1. The molecule has 0 bridgehead atoms. The number of likely N-dealkylation sites (tertiary alicyclic amines) is 1. The lowest BCUT2D eigenvalue weighted by Crippen LogP contribution is -2.45. The molecule has 2 amide bonds. The lowest BCUT2D eigenvalue weighted by molar-refractivity contribution is -0.136. The van der Waals surface area contributed by atoms with Gasteiger partial charge in [0.15, 0.2) is 0 Å². The van der Waals surface area contributed by atoms with Crippen molar-refractivity contribution in [3.8, 4) is 11.5 Å². The van der Waals surface area contributed by atoms with E-state index in [0.717, 1.165) is 6.42 Å². The lowest BCUT2D eigenvalue weighted by atomic mass is 9.96. The van der Waals surface area contributed by atoms with E-state index < -0.39 is 6.61 Å². The highest BCUT2D eigenvalue weighted by atomic mass is 19.3. The first kappa shape index (κ1) is 22.5. The first-order valence-electron chi connectivity index (χ1n) is 10.3. The molecule has 1 N–H and O–H groups in total. The number of nitrogens with zero attached hydrogens (tertiary/aromatic N) is 1. The van der Waals surface area contributed by atoms with Gasteiger partial charge in [0.25, 0.3) is 0 Å². The normalized spacial score (nSPS) is 16.1. The Bertz CT molecular complexity index is 864. The summed E-state index contributed by atoms with van der Waals surface area (Å²) < 4.78 is 34.6. The Morgan fingerprint density at radius 3 is 2.65 bits per heavy atom. The van der Waals surface area contributed by atoms with E-state index in [-0.39, 0.29) is 43.1 Å². The second kappa shape index (κ2) is 11.3. The minimum Gasteiger partial charge on any atom is -0.493 e. The Kier molecular flexibility index (Phi) is 8.20. The van der Waals surface area contributed by atoms with Gasteiger partial charge in [-0.25, -0.2) is 0 Å². The number of rotatable bonds is 9. The molecule has 1 unspecified atom stereocenters. The van der Waals surface area contributed by atoms with Gasteiger partial charge >= 0.3 is 6.61 Å². The van der Waals surface area contributed by atoms with Crippen LogP contribution in [0.25, 0.3) is 0 Å². The van der Waals surface area contributed by atoms with E-state index in [0.29, 0.717) is 30.8 Å². The van der Waals surface area contributed by atoms with Crippen molar-refractivity contribution in [1.29, 1.82) is 0 Å². The molecule has 2 aromatic rings. The van der Waals surface area contributed by atoms with E-state index in [2.05, 4.69) is 10.1 Å². The van der Waals surface area contributed by atoms with Crippen LogP contribution in [0.1, 0.15) is 24.8 Å². The molecule has 8 heteroatoms. The quantitative estimate of drug-likeness (QED) is 0.657. The largest absolute Gasteiger partial charge is 0.493 e. The van der Waals surface area contributed by atoms with E-state index in [9.17, 15) is 18.4 Å². The smallest absolute Gasteiger partial charge is 0.387 e. The van der Waals surface area contributed by atoms with Crippen molar-refractivity contribution in [1.82, 2.24) is 10.2 Å². The lowest BCUT2D eigenvalue weighted by Gasteiger charge is -2.32. The molecule has 1 aliphatic rings. The summed E-state index contributed by atoms with van der Waals surface area (Å²) in [5, 5.41) is 2.83. The predicted octanol–water partition coefficient (Wildman–Crippen LogP) is 3.61. The molecule has 0 radical (unpaired) electrons. The van der Waals surface area contributed by atoms with Crippen LogP contribution in [0.3, 0.4) is 0 Å². The van der Waals surface area contributed by atoms with Crippen molar-refractivity contribution >= 4 is 11.8 Å². The molecule has 3 rings (SSSR count). The molecular formula is C23H26F2N2O4. The second-order valence-corrected chi connectivity index (χ2v) is 7.33.